The number of benzene rings is 5. The Morgan fingerprint density at radius 3 is 1.75 bits per heavy atom. The minimum Gasteiger partial charge on any atom is -0.505 e. The largest absolute Gasteiger partial charge is 0.505 e. The molecule has 0 amide bonds. The van der Waals surface area contributed by atoms with Crippen molar-refractivity contribution in [1.29, 1.82) is 0 Å². The maximum absolute atomic E-state index is 13.6. The molecule has 0 unspecified atom stereocenters. The Labute approximate surface area is 386 Å². The summed E-state index contributed by atoms with van der Waals surface area (Å²) in [5, 5.41) is 74.9. The number of azo groups is 3. The van der Waals surface area contributed by atoms with Crippen LogP contribution in [0.4, 0.5) is 34.1 Å². The topological polar surface area (TPSA) is 438 Å². The van der Waals surface area contributed by atoms with Crippen molar-refractivity contribution in [3.63, 3.8) is 0 Å². The molecule has 0 aliphatic rings. The Morgan fingerprint density at radius 2 is 1.20 bits per heavy atom. The lowest BCUT2D eigenvalue weighted by molar-refractivity contribution is 0.0682. The van der Waals surface area contributed by atoms with Crippen molar-refractivity contribution in [1.82, 2.24) is 9.78 Å². The molecule has 0 bridgehead atoms. The van der Waals surface area contributed by atoms with Crippen molar-refractivity contribution in [2.75, 3.05) is 33.5 Å². The number of aliphatic hydroxyl groups excluding tert-OH is 2. The number of carboxylic acids is 2. The number of nitrogens with one attached hydrogen (secondary N) is 1. The van der Waals surface area contributed by atoms with Crippen LogP contribution in [0.1, 0.15) is 20.8 Å². The lowest BCUT2D eigenvalue weighted by Gasteiger charge is -2.13. The van der Waals surface area contributed by atoms with E-state index in [-0.39, 0.29) is 57.4 Å². The molecule has 0 saturated heterocycles. The highest BCUT2D eigenvalue weighted by atomic mass is 32.2. The molecular formula is C38H32N8O20S3. The molecule has 362 valence electrons. The number of aromatic hydroxyl groups is 1. The van der Waals surface area contributed by atoms with Crippen molar-refractivity contribution >= 4 is 87.2 Å². The number of carbonyl (C=O) groups is 2. The standard InChI is InChI=1S/C38H32N8O20S3/c1-64-20-4-6-25(30(14-20)68(58,59)60)40-41-26-16-29(66-11-9-48)27(17-28(26)65-10-8-47)42-43-32-31(69(61,62)63)12-18-2-3-19(13-22(18)35(32)49)46-36(50)33(34(45-46)38(53)54)44-39-24-7-5-21(67(55,56)57)15-23(24)37(51)52/h2-7,12-17,45,47-49H,8-11H2,1H3,(H,51,52)(H,53,54)(H,55,56,57)(H,58,59,60)(H,61,62,63). The molecule has 28 nitrogen and oxygen atoms in total. The van der Waals surface area contributed by atoms with E-state index in [4.69, 9.17) is 14.2 Å². The molecule has 0 atom stereocenters. The van der Waals surface area contributed by atoms with Crippen LogP contribution in [-0.4, -0.2) is 120 Å². The molecule has 9 N–H and O–H groups in total. The Balaban J connectivity index is 1.47. The maximum atomic E-state index is 13.6. The maximum Gasteiger partial charge on any atom is 0.356 e. The van der Waals surface area contributed by atoms with Crippen molar-refractivity contribution in [2.24, 2.45) is 30.7 Å². The number of aliphatic hydroxyl groups is 2. The number of carboxylic acid groups (broad SMARTS) is 2. The summed E-state index contributed by atoms with van der Waals surface area (Å²) in [6.45, 7) is -1.90. The van der Waals surface area contributed by atoms with Crippen LogP contribution in [0, 0.1) is 0 Å². The summed E-state index contributed by atoms with van der Waals surface area (Å²) in [6.07, 6.45) is 0. The number of phenols is 1. The third kappa shape index (κ3) is 11.2. The number of fused-ring (bicyclic) bond motifs is 1. The normalized spacial score (nSPS) is 12.4. The molecule has 0 spiro atoms. The molecule has 6 rings (SSSR count). The van der Waals surface area contributed by atoms with Crippen molar-refractivity contribution in [3.05, 3.63) is 94.4 Å². The first kappa shape index (κ1) is 50.4. The number of hydrogen-bond donors (Lipinski definition) is 9. The number of H-pyrrole nitrogens is 1. The van der Waals surface area contributed by atoms with Gasteiger partial charge in [-0.1, -0.05) is 6.07 Å². The molecule has 31 heteroatoms. The molecule has 0 aliphatic heterocycles. The number of aromatic amines is 1. The fourth-order valence-electron chi connectivity index (χ4n) is 6.01. The van der Waals surface area contributed by atoms with Gasteiger partial charge in [0.25, 0.3) is 35.9 Å². The predicted molar refractivity (Wildman–Crippen MR) is 232 cm³/mol. The predicted octanol–water partition coefficient (Wildman–Crippen LogP) is 5.16. The lowest BCUT2D eigenvalue weighted by atomic mass is 10.1. The average Bonchev–Trinajstić information content (AvgIpc) is 3.63. The molecule has 1 aromatic heterocycles. The SMILES string of the molecule is COc1ccc(N=Nc2cc(OCCO)c(N=Nc3c(S(=O)(=O)O)cc4ccc(-n5[nH]c(C(=O)O)c(N=Nc6ccc(S(=O)(=O)O)cc6C(=O)O)c5=O)cc4c3O)cc2OCCO)c(S(=O)(=O)O)c1. The van der Waals surface area contributed by atoms with Gasteiger partial charge in [0.15, 0.2) is 17.1 Å². The van der Waals surface area contributed by atoms with Gasteiger partial charge in [0.1, 0.15) is 68.7 Å². The molecule has 0 fully saturated rings. The zero-order valence-corrected chi connectivity index (χ0v) is 37.0. The smallest absolute Gasteiger partial charge is 0.356 e. The van der Waals surface area contributed by atoms with Crippen LogP contribution in [-0.2, 0) is 30.4 Å². The van der Waals surface area contributed by atoms with E-state index < -0.39 is 116 Å². The number of phenolic OH excluding ortho intramolecular Hbond substituents is 1. The number of rotatable bonds is 19. The number of hydrogen-bond acceptors (Lipinski definition) is 21. The highest BCUT2D eigenvalue weighted by Crippen LogP contribution is 2.45. The van der Waals surface area contributed by atoms with Gasteiger partial charge in [0, 0.05) is 23.6 Å². The summed E-state index contributed by atoms with van der Waals surface area (Å²) in [4.78, 5) is 35.2. The van der Waals surface area contributed by atoms with Crippen LogP contribution in [0.25, 0.3) is 16.5 Å². The first-order chi connectivity index (χ1) is 32.5. The molecule has 0 saturated carbocycles. The van der Waals surface area contributed by atoms with Crippen LogP contribution in [0.5, 0.6) is 23.0 Å². The lowest BCUT2D eigenvalue weighted by Crippen LogP contribution is -2.14. The van der Waals surface area contributed by atoms with E-state index in [1.807, 2.05) is 0 Å². The minimum absolute atomic E-state index is 0.0474. The molecular weight excluding hydrogens is 985 g/mol. The Bertz CT molecular complexity index is 3550. The Hall–Kier alpha value is -8.04. The van der Waals surface area contributed by atoms with E-state index in [0.717, 1.165) is 60.7 Å². The van der Waals surface area contributed by atoms with Gasteiger partial charge in [-0.25, -0.2) is 14.3 Å². The van der Waals surface area contributed by atoms with Gasteiger partial charge in [0.05, 0.1) is 36.5 Å². The quantitative estimate of drug-likeness (QED) is 0.0374. The van der Waals surface area contributed by atoms with E-state index >= 15 is 0 Å². The van der Waals surface area contributed by atoms with Crippen LogP contribution in [0.2, 0.25) is 0 Å². The van der Waals surface area contributed by atoms with Crippen LogP contribution in [0.15, 0.2) is 123 Å². The van der Waals surface area contributed by atoms with Gasteiger partial charge in [-0.2, -0.15) is 25.3 Å². The molecule has 0 aliphatic carbocycles. The third-order valence-corrected chi connectivity index (χ3v) is 11.7. The van der Waals surface area contributed by atoms with Crippen molar-refractivity contribution in [2.45, 2.75) is 14.7 Å². The Kier molecular flexibility index (Phi) is 14.6. The van der Waals surface area contributed by atoms with Gasteiger partial charge >= 0.3 is 11.9 Å². The fourth-order valence-corrected chi connectivity index (χ4v) is 7.81. The van der Waals surface area contributed by atoms with Gasteiger partial charge in [-0.15, -0.1) is 30.7 Å². The second-order valence-electron chi connectivity index (χ2n) is 13.5. The number of aromatic nitrogens is 2. The first-order valence-electron chi connectivity index (χ1n) is 18.7. The highest BCUT2D eigenvalue weighted by molar-refractivity contribution is 7.86. The summed E-state index contributed by atoms with van der Waals surface area (Å²) in [5.74, 6) is -4.96. The van der Waals surface area contributed by atoms with Gasteiger partial charge < -0.3 is 39.7 Å². The fraction of sp³-hybridized carbons (Fsp3) is 0.132. The van der Waals surface area contributed by atoms with Crippen LogP contribution >= 0.6 is 0 Å². The monoisotopic (exact) mass is 1020 g/mol. The van der Waals surface area contributed by atoms with Crippen molar-refractivity contribution < 1.29 is 88.2 Å². The number of ether oxygens (including phenoxy) is 3. The molecule has 5 aromatic carbocycles. The Morgan fingerprint density at radius 1 is 0.638 bits per heavy atom. The van der Waals surface area contributed by atoms with Crippen LogP contribution in [0.3, 0.4) is 0 Å². The number of aromatic carboxylic acids is 2. The first-order valence-corrected chi connectivity index (χ1v) is 23.1. The van der Waals surface area contributed by atoms with Gasteiger partial charge in [-0.05, 0) is 53.9 Å². The van der Waals surface area contributed by atoms with E-state index in [9.17, 15) is 78.8 Å². The summed E-state index contributed by atoms with van der Waals surface area (Å²) in [6, 6.07) is 12.0. The zero-order chi connectivity index (χ0) is 50.6. The molecule has 0 radical (unpaired) electrons. The molecule has 6 aromatic rings. The summed E-state index contributed by atoms with van der Waals surface area (Å²) < 4.78 is 119. The summed E-state index contributed by atoms with van der Waals surface area (Å²) in [7, 11) is -13.7. The average molecular weight is 1020 g/mol. The number of methoxy groups -OCH3 is 1. The highest BCUT2D eigenvalue weighted by Gasteiger charge is 2.26. The van der Waals surface area contributed by atoms with Gasteiger partial charge in [0.2, 0.25) is 0 Å². The van der Waals surface area contributed by atoms with Crippen molar-refractivity contribution in [3.8, 4) is 28.7 Å². The number of nitrogens with zero attached hydrogens (tertiary/aromatic N) is 7. The molecule has 69 heavy (non-hydrogen) atoms. The minimum atomic E-state index is -5.24. The van der Waals surface area contributed by atoms with Gasteiger partial charge in [-0.3, -0.25) is 23.6 Å². The zero-order valence-electron chi connectivity index (χ0n) is 34.6. The second-order valence-corrected chi connectivity index (χ2v) is 17.7. The molecule has 1 heterocycles. The van der Waals surface area contributed by atoms with Crippen LogP contribution < -0.4 is 19.8 Å². The third-order valence-electron chi connectivity index (χ3n) is 9.11. The summed E-state index contributed by atoms with van der Waals surface area (Å²) in [5.41, 5.74) is -6.48. The van der Waals surface area contributed by atoms with E-state index in [0.29, 0.717) is 10.7 Å². The van der Waals surface area contributed by atoms with E-state index in [2.05, 4.69) is 35.8 Å². The summed E-state index contributed by atoms with van der Waals surface area (Å²) >= 11 is 0. The van der Waals surface area contributed by atoms with E-state index in [1.54, 1.807) is 0 Å². The van der Waals surface area contributed by atoms with E-state index in [1.165, 1.54) is 13.2 Å². The second kappa shape index (κ2) is 20.1.